The van der Waals surface area contributed by atoms with Gasteiger partial charge in [0.05, 0.1) is 29.4 Å². The highest BCUT2D eigenvalue weighted by atomic mass is 32.2. The van der Waals surface area contributed by atoms with Crippen LogP contribution in [0.1, 0.15) is 98.7 Å². The van der Waals surface area contributed by atoms with Crippen LogP contribution in [-0.2, 0) is 46.7 Å². The number of rotatable bonds is 25. The van der Waals surface area contributed by atoms with E-state index in [1.807, 2.05) is 59.0 Å². The van der Waals surface area contributed by atoms with E-state index in [-0.39, 0.29) is 65.1 Å². The van der Waals surface area contributed by atoms with E-state index in [2.05, 4.69) is 50.7 Å². The van der Waals surface area contributed by atoms with Gasteiger partial charge < -0.3 is 45.9 Å². The largest absolute Gasteiger partial charge is 0.382 e. The maximum Gasteiger partial charge on any atom is 0.230 e. The van der Waals surface area contributed by atoms with Gasteiger partial charge >= 0.3 is 0 Å². The molecule has 0 aliphatic heterocycles. The minimum atomic E-state index is -0.266. The van der Waals surface area contributed by atoms with E-state index in [0.717, 1.165) is 72.0 Å². The summed E-state index contributed by atoms with van der Waals surface area (Å²) in [5.74, 6) is 1.09. The number of pyridine rings is 1. The Balaban J connectivity index is 0.000000363. The molecule has 1 aliphatic carbocycles. The van der Waals surface area contributed by atoms with Crippen LogP contribution < -0.4 is 27.0 Å². The highest BCUT2D eigenvalue weighted by molar-refractivity contribution is 8.00. The van der Waals surface area contributed by atoms with Gasteiger partial charge in [-0.2, -0.15) is 0 Å². The number of ether oxygens (including phenoxy) is 1. The van der Waals surface area contributed by atoms with Crippen molar-refractivity contribution in [2.24, 2.45) is 11.8 Å². The van der Waals surface area contributed by atoms with Crippen LogP contribution in [0.15, 0.2) is 36.0 Å². The van der Waals surface area contributed by atoms with E-state index in [0.29, 0.717) is 64.1 Å². The molecule has 62 heavy (non-hydrogen) atoms. The van der Waals surface area contributed by atoms with Crippen molar-refractivity contribution in [1.82, 2.24) is 40.7 Å². The fraction of sp³-hybridized carbons (Fsp3) is 0.600. The van der Waals surface area contributed by atoms with E-state index in [4.69, 9.17) is 15.5 Å². The molecule has 17 heteroatoms. The number of hydrogen-bond acceptors (Lipinski definition) is 13. The molecule has 2 atom stereocenters. The molecule has 0 saturated heterocycles. The van der Waals surface area contributed by atoms with Crippen LogP contribution in [0.4, 0.5) is 5.82 Å². The van der Waals surface area contributed by atoms with Gasteiger partial charge in [0, 0.05) is 60.5 Å². The van der Waals surface area contributed by atoms with E-state index >= 15 is 0 Å². The number of unbranched alkanes of at least 4 members (excludes halogenated alkanes) is 1. The number of nitrogen functional groups attached to an aromatic ring is 1. The second kappa shape index (κ2) is 26.6. The Morgan fingerprint density at radius 3 is 2.45 bits per heavy atom. The smallest absolute Gasteiger partial charge is 0.230 e. The number of aromatic nitrogens is 3. The third kappa shape index (κ3) is 16.4. The molecule has 1 fully saturated rings. The highest BCUT2D eigenvalue weighted by Crippen LogP contribution is 2.31. The third-order valence-electron chi connectivity index (χ3n) is 11.1. The lowest BCUT2D eigenvalue weighted by molar-refractivity contribution is -0.139. The van der Waals surface area contributed by atoms with Crippen molar-refractivity contribution in [2.45, 2.75) is 123 Å². The minimum absolute atomic E-state index is 0.0158. The Morgan fingerprint density at radius 1 is 1.08 bits per heavy atom. The molecule has 342 valence electrons. The molecule has 6 N–H and O–H groups in total. The van der Waals surface area contributed by atoms with Crippen molar-refractivity contribution in [3.63, 3.8) is 0 Å². The van der Waals surface area contributed by atoms with E-state index in [1.54, 1.807) is 0 Å². The maximum atomic E-state index is 12.7. The standard InChI is InChI=1S/C27H44N4O6S.C18H25N5O/c1-4-20(2)30-24(17-33)7-5-6-12-28-25(35)18-38-21(3)15-26(36)31(19-34)16-22-8-10-23(11-9-22)27(37)29-13-14-32;1-5-24-10-14-22-15-16(23(14)11-18(2,3)20-4)12-8-6-7-9-13(12)21-17(15)19/h4,14,17,19,21-24,30H,5-13,15-16,18H2,1-3H3,(H,28,35)(H,29,37);6-9,20H,5,10-11H2,1-4H3,(H2,19,21). The van der Waals surface area contributed by atoms with Crippen LogP contribution in [0, 0.1) is 11.8 Å². The number of allylic oxidation sites excluding steroid dienone is 2. The summed E-state index contributed by atoms with van der Waals surface area (Å²) in [6, 6.07) is 7.81. The van der Waals surface area contributed by atoms with Crippen LogP contribution in [0.5, 0.6) is 0 Å². The summed E-state index contributed by atoms with van der Waals surface area (Å²) in [7, 11) is 1.97. The number of nitrogens with two attached hydrogens (primary N) is 1. The Bertz CT molecular complexity index is 1960. The zero-order valence-electron chi connectivity index (χ0n) is 37.7. The second-order valence-corrected chi connectivity index (χ2v) is 17.8. The van der Waals surface area contributed by atoms with Gasteiger partial charge in [-0.05, 0) is 98.6 Å². The first-order valence-electron chi connectivity index (χ1n) is 21.7. The summed E-state index contributed by atoms with van der Waals surface area (Å²) in [5.41, 5.74) is 9.71. The fourth-order valence-electron chi connectivity index (χ4n) is 7.19. The van der Waals surface area contributed by atoms with Gasteiger partial charge in [-0.15, -0.1) is 11.8 Å². The Morgan fingerprint density at radius 2 is 1.81 bits per heavy atom. The van der Waals surface area contributed by atoms with Crippen LogP contribution in [0.2, 0.25) is 0 Å². The highest BCUT2D eigenvalue weighted by Gasteiger charge is 2.29. The molecule has 2 aromatic heterocycles. The number of hydrogen-bond donors (Lipinski definition) is 5. The maximum absolute atomic E-state index is 12.7. The molecule has 1 aliphatic rings. The summed E-state index contributed by atoms with van der Waals surface area (Å²) in [5, 5.41) is 12.9. The molecule has 4 rings (SSSR count). The van der Waals surface area contributed by atoms with E-state index in [1.165, 1.54) is 16.7 Å². The number of nitrogens with one attached hydrogen (secondary N) is 4. The first kappa shape index (κ1) is 51.5. The summed E-state index contributed by atoms with van der Waals surface area (Å²) in [6.07, 6.45) is 9.29. The molecule has 2 heterocycles. The van der Waals surface area contributed by atoms with Crippen LogP contribution in [0.3, 0.4) is 0 Å². The molecule has 3 aromatic rings. The number of imidazole rings is 1. The van der Waals surface area contributed by atoms with E-state index in [9.17, 15) is 28.8 Å². The number of carbonyl (C=O) groups is 6. The summed E-state index contributed by atoms with van der Waals surface area (Å²) >= 11 is 1.37. The monoisotopic (exact) mass is 880 g/mol. The molecule has 1 saturated carbocycles. The molecule has 16 nitrogen and oxygen atoms in total. The van der Waals surface area contributed by atoms with Crippen LogP contribution in [0.25, 0.3) is 21.9 Å². The van der Waals surface area contributed by atoms with Crippen LogP contribution in [-0.4, -0.2) is 112 Å². The number of aldehydes is 2. The van der Waals surface area contributed by atoms with Crippen molar-refractivity contribution in [2.75, 3.05) is 44.8 Å². The third-order valence-corrected chi connectivity index (χ3v) is 12.2. The number of imide groups is 1. The number of anilines is 1. The van der Waals surface area contributed by atoms with Gasteiger partial charge in [-0.1, -0.05) is 31.2 Å². The molecule has 0 radical (unpaired) electrons. The SMILES string of the molecule is CC=C(C)NC(C=O)CCCCNC(=O)CSC(C)CC(=O)N(C=O)CC1CCC(C(=O)NCC=O)CC1.CCOCc1nc2c(N)nc3ccccc3c2n1CC(C)(C)NC. The number of para-hydroxylation sites is 1. The zero-order chi connectivity index (χ0) is 45.7. The number of carbonyl (C=O) groups excluding carboxylic acids is 6. The first-order valence-corrected chi connectivity index (χ1v) is 22.7. The van der Waals surface area contributed by atoms with Gasteiger partial charge in [0.15, 0.2) is 5.82 Å². The normalized spacial score (nSPS) is 16.4. The molecular formula is C45H69N9O7S. The number of nitrogens with zero attached hydrogens (tertiary/aromatic N) is 4. The second-order valence-electron chi connectivity index (χ2n) is 16.4. The van der Waals surface area contributed by atoms with Crippen LogP contribution >= 0.6 is 11.8 Å². The van der Waals surface area contributed by atoms with E-state index < -0.39 is 0 Å². The zero-order valence-corrected chi connectivity index (χ0v) is 38.5. The summed E-state index contributed by atoms with van der Waals surface area (Å²) in [6.45, 7) is 14.7. The summed E-state index contributed by atoms with van der Waals surface area (Å²) in [4.78, 5) is 80.4. The average Bonchev–Trinajstić information content (AvgIpc) is 3.63. The van der Waals surface area contributed by atoms with Gasteiger partial charge in [0.25, 0.3) is 0 Å². The van der Waals surface area contributed by atoms with Gasteiger partial charge in [-0.25, -0.2) is 9.97 Å². The average molecular weight is 880 g/mol. The minimum Gasteiger partial charge on any atom is -0.382 e. The fourth-order valence-corrected chi connectivity index (χ4v) is 7.99. The lowest BCUT2D eigenvalue weighted by Gasteiger charge is -2.30. The Hall–Kier alpha value is -4.87. The molecule has 4 amide bonds. The van der Waals surface area contributed by atoms with Crippen molar-refractivity contribution in [3.8, 4) is 0 Å². The van der Waals surface area contributed by atoms with Gasteiger partial charge in [-0.3, -0.25) is 24.1 Å². The molecule has 2 unspecified atom stereocenters. The molecule has 1 aromatic carbocycles. The molecule has 0 bridgehead atoms. The number of fused-ring (bicyclic) bond motifs is 3. The van der Waals surface area contributed by atoms with Crippen molar-refractivity contribution in [1.29, 1.82) is 0 Å². The van der Waals surface area contributed by atoms with Crippen molar-refractivity contribution in [3.05, 3.63) is 41.9 Å². The number of benzene rings is 1. The lowest BCUT2D eigenvalue weighted by Crippen LogP contribution is -2.40. The van der Waals surface area contributed by atoms with Crippen molar-refractivity contribution < 1.29 is 33.5 Å². The summed E-state index contributed by atoms with van der Waals surface area (Å²) < 4.78 is 7.84. The Kier molecular flexibility index (Phi) is 22.1. The van der Waals surface area contributed by atoms with Gasteiger partial charge in [0.1, 0.15) is 30.5 Å². The lowest BCUT2D eigenvalue weighted by atomic mass is 9.81. The number of amides is 4. The molecule has 0 spiro atoms. The number of thioether (sulfide) groups is 1. The predicted octanol–water partition coefficient (Wildman–Crippen LogP) is 4.67. The van der Waals surface area contributed by atoms with Gasteiger partial charge in [0.2, 0.25) is 24.1 Å². The molecular weight excluding hydrogens is 811 g/mol. The topological polar surface area (TPSA) is 220 Å². The quantitative estimate of drug-likeness (QED) is 0.0578. The Labute approximate surface area is 370 Å². The predicted molar refractivity (Wildman–Crippen MR) is 246 cm³/mol. The number of likely N-dealkylation sites (N-methyl/N-ethyl adjacent to an activating group) is 1. The first-order chi connectivity index (χ1) is 29.7. The van der Waals surface area contributed by atoms with Crippen molar-refractivity contribution >= 4 is 76.2 Å².